The Labute approximate surface area is 281 Å². The Morgan fingerprint density at radius 2 is 2.00 bits per heavy atom. The number of pyridine rings is 1. The number of hydrogen-bond donors (Lipinski definition) is 1. The minimum absolute atomic E-state index is 0.0154. The normalized spacial score (nSPS) is 18.4. The van der Waals surface area contributed by atoms with Crippen molar-refractivity contribution >= 4 is 39.1 Å². The van der Waals surface area contributed by atoms with Crippen LogP contribution in [0.4, 0.5) is 0 Å². The maximum Gasteiger partial charge on any atom is 0.338 e. The summed E-state index contributed by atoms with van der Waals surface area (Å²) in [6, 6.07) is 9.75. The summed E-state index contributed by atoms with van der Waals surface area (Å²) in [7, 11) is 1.96. The number of ether oxygens (including phenoxy) is 1. The standard InChI is InChI=1S/C35H37ClN6O4S/c1-20-15-26(33-32(37-20)28(19-47-33)35(44)45)25-16-23(36)6-9-31(25)46-14-13-42-21(2)38-30-8-7-24(17-27(30)34(42)43)41-11-4-5-22(18-41)29-10-12-40(3)39-29/h6,9-10,12,15-16,19,22,24H,4-5,7-8,11,13-14,17-18H2,1-3H3,(H,44,45)/t22-,24+/m1/s1. The first kappa shape index (κ1) is 31.5. The number of likely N-dealkylation sites (tertiary alicyclic amines) is 1. The second-order valence-corrected chi connectivity index (χ2v) is 13.9. The highest BCUT2D eigenvalue weighted by Gasteiger charge is 2.32. The zero-order valence-corrected chi connectivity index (χ0v) is 28.3. The largest absolute Gasteiger partial charge is 0.491 e. The fourth-order valence-electron chi connectivity index (χ4n) is 7.19. The minimum Gasteiger partial charge on any atom is -0.491 e. The van der Waals surface area contributed by atoms with Crippen molar-refractivity contribution in [2.75, 3.05) is 19.7 Å². The summed E-state index contributed by atoms with van der Waals surface area (Å²) >= 11 is 7.77. The molecule has 2 aliphatic rings. The highest BCUT2D eigenvalue weighted by atomic mass is 35.5. The van der Waals surface area contributed by atoms with Crippen LogP contribution in [0.5, 0.6) is 5.75 Å². The molecule has 47 heavy (non-hydrogen) atoms. The van der Waals surface area contributed by atoms with Crippen LogP contribution in [0, 0.1) is 13.8 Å². The number of piperidine rings is 1. The zero-order chi connectivity index (χ0) is 32.8. The quantitative estimate of drug-likeness (QED) is 0.212. The van der Waals surface area contributed by atoms with Crippen molar-refractivity contribution in [2.45, 2.75) is 64.5 Å². The fraction of sp³-hybridized carbons (Fsp3) is 0.400. The zero-order valence-electron chi connectivity index (χ0n) is 26.7. The van der Waals surface area contributed by atoms with Crippen molar-refractivity contribution in [3.63, 3.8) is 0 Å². The van der Waals surface area contributed by atoms with Gasteiger partial charge in [0.1, 0.15) is 18.2 Å². The SMILES string of the molecule is Cc1cc(-c2cc(Cl)ccc2OCCn2c(C)nc3c(c2=O)C[C@@H](N2CCC[C@@H](c4ccn(C)n4)C2)CC3)c2scc(C(=O)O)c2n1. The van der Waals surface area contributed by atoms with E-state index in [2.05, 4.69) is 21.0 Å². The van der Waals surface area contributed by atoms with Crippen molar-refractivity contribution in [1.82, 2.24) is 29.2 Å². The summed E-state index contributed by atoms with van der Waals surface area (Å²) in [4.78, 5) is 37.7. The van der Waals surface area contributed by atoms with E-state index >= 15 is 0 Å². The number of fused-ring (bicyclic) bond motifs is 2. The van der Waals surface area contributed by atoms with Crippen molar-refractivity contribution in [3.8, 4) is 16.9 Å². The van der Waals surface area contributed by atoms with Crippen molar-refractivity contribution in [1.29, 1.82) is 0 Å². The van der Waals surface area contributed by atoms with Crippen molar-refractivity contribution < 1.29 is 14.6 Å². The highest BCUT2D eigenvalue weighted by molar-refractivity contribution is 7.18. The van der Waals surface area contributed by atoms with Crippen LogP contribution in [0.25, 0.3) is 21.3 Å². The molecule has 2 atom stereocenters. The Morgan fingerprint density at radius 1 is 1.15 bits per heavy atom. The summed E-state index contributed by atoms with van der Waals surface area (Å²) in [6.45, 7) is 6.32. The van der Waals surface area contributed by atoms with Crippen molar-refractivity contribution in [2.24, 2.45) is 7.05 Å². The molecule has 4 aromatic heterocycles. The molecule has 12 heteroatoms. The Balaban J connectivity index is 1.10. The molecule has 1 aliphatic carbocycles. The van der Waals surface area contributed by atoms with Crippen LogP contribution >= 0.6 is 22.9 Å². The Hall–Kier alpha value is -4.06. The van der Waals surface area contributed by atoms with Gasteiger partial charge in [-0.1, -0.05) is 11.6 Å². The summed E-state index contributed by atoms with van der Waals surface area (Å²) < 4.78 is 10.7. The van der Waals surface area contributed by atoms with Crippen LogP contribution in [0.3, 0.4) is 0 Å². The molecule has 10 nitrogen and oxygen atoms in total. The molecule has 0 unspecified atom stereocenters. The van der Waals surface area contributed by atoms with Gasteiger partial charge in [0.15, 0.2) is 0 Å². The third kappa shape index (κ3) is 6.19. The van der Waals surface area contributed by atoms with E-state index in [1.54, 1.807) is 16.0 Å². The van der Waals surface area contributed by atoms with Crippen LogP contribution in [0.1, 0.15) is 64.0 Å². The molecule has 5 heterocycles. The molecule has 1 saturated heterocycles. The predicted octanol–water partition coefficient (Wildman–Crippen LogP) is 6.04. The molecule has 5 aromatic rings. The molecule has 1 aromatic carbocycles. The number of aromatic nitrogens is 5. The molecule has 7 rings (SSSR count). The molecule has 244 valence electrons. The van der Waals surface area contributed by atoms with Gasteiger partial charge in [0.05, 0.1) is 33.7 Å². The molecule has 1 fully saturated rings. The van der Waals surface area contributed by atoms with Gasteiger partial charge in [-0.05, 0) is 82.8 Å². The molecular formula is C35H37ClN6O4S. The Kier molecular flexibility index (Phi) is 8.63. The van der Waals surface area contributed by atoms with E-state index in [-0.39, 0.29) is 17.7 Å². The summed E-state index contributed by atoms with van der Waals surface area (Å²) in [6.07, 6.45) is 6.79. The van der Waals surface area contributed by atoms with E-state index in [4.69, 9.17) is 21.3 Å². The number of benzene rings is 1. The van der Waals surface area contributed by atoms with Gasteiger partial charge in [-0.3, -0.25) is 23.9 Å². The summed E-state index contributed by atoms with van der Waals surface area (Å²) in [5.41, 5.74) is 5.77. The molecule has 0 spiro atoms. The minimum atomic E-state index is -1.02. The van der Waals surface area contributed by atoms with Crippen LogP contribution in [0.2, 0.25) is 5.02 Å². The lowest BCUT2D eigenvalue weighted by molar-refractivity contribution is 0.0699. The van der Waals surface area contributed by atoms with E-state index in [0.717, 1.165) is 71.6 Å². The number of rotatable bonds is 8. The van der Waals surface area contributed by atoms with E-state index < -0.39 is 5.97 Å². The van der Waals surface area contributed by atoms with Crippen LogP contribution < -0.4 is 10.3 Å². The lowest BCUT2D eigenvalue weighted by Gasteiger charge is -2.39. The lowest BCUT2D eigenvalue weighted by Crippen LogP contribution is -2.46. The lowest BCUT2D eigenvalue weighted by atomic mass is 9.87. The van der Waals surface area contributed by atoms with Gasteiger partial charge in [0, 0.05) is 64.5 Å². The average molecular weight is 673 g/mol. The molecular weight excluding hydrogens is 636 g/mol. The summed E-state index contributed by atoms with van der Waals surface area (Å²) in [5.74, 6) is 0.681. The third-order valence-corrected chi connectivity index (χ3v) is 10.7. The second kappa shape index (κ2) is 12.9. The number of nitrogens with zero attached hydrogens (tertiary/aromatic N) is 6. The van der Waals surface area contributed by atoms with E-state index in [1.165, 1.54) is 11.3 Å². The number of carboxylic acid groups (broad SMARTS) is 1. The first-order valence-electron chi connectivity index (χ1n) is 16.0. The predicted molar refractivity (Wildman–Crippen MR) is 183 cm³/mol. The Morgan fingerprint density at radius 3 is 2.79 bits per heavy atom. The number of hydrogen-bond acceptors (Lipinski definition) is 8. The van der Waals surface area contributed by atoms with Gasteiger partial charge in [0.25, 0.3) is 5.56 Å². The van der Waals surface area contributed by atoms with Gasteiger partial charge in [-0.2, -0.15) is 5.10 Å². The number of aryl methyl sites for hydroxylation is 4. The Bertz CT molecular complexity index is 2050. The van der Waals surface area contributed by atoms with E-state index in [9.17, 15) is 14.7 Å². The van der Waals surface area contributed by atoms with Gasteiger partial charge in [-0.15, -0.1) is 11.3 Å². The molecule has 0 bridgehead atoms. The van der Waals surface area contributed by atoms with Crippen LogP contribution in [0.15, 0.2) is 46.7 Å². The van der Waals surface area contributed by atoms with E-state index in [1.807, 2.05) is 50.0 Å². The van der Waals surface area contributed by atoms with Gasteiger partial charge in [0.2, 0.25) is 0 Å². The molecule has 0 radical (unpaired) electrons. The highest BCUT2D eigenvalue weighted by Crippen LogP contribution is 2.40. The van der Waals surface area contributed by atoms with Gasteiger partial charge < -0.3 is 9.84 Å². The maximum absolute atomic E-state index is 13.9. The number of aromatic carboxylic acids is 1. The average Bonchev–Trinajstić information content (AvgIpc) is 3.69. The van der Waals surface area contributed by atoms with E-state index in [0.29, 0.717) is 52.7 Å². The molecule has 0 amide bonds. The topological polar surface area (TPSA) is 115 Å². The maximum atomic E-state index is 13.9. The number of thiophene rings is 1. The third-order valence-electron chi connectivity index (χ3n) is 9.50. The first-order valence-corrected chi connectivity index (χ1v) is 17.3. The van der Waals surface area contributed by atoms with Gasteiger partial charge in [-0.25, -0.2) is 9.78 Å². The van der Waals surface area contributed by atoms with Crippen LogP contribution in [-0.4, -0.2) is 66.0 Å². The number of carboxylic acids is 1. The number of carbonyl (C=O) groups is 1. The number of halogens is 1. The van der Waals surface area contributed by atoms with Crippen molar-refractivity contribution in [3.05, 3.63) is 91.3 Å². The smallest absolute Gasteiger partial charge is 0.338 e. The van der Waals surface area contributed by atoms with Crippen LogP contribution in [-0.2, 0) is 26.4 Å². The monoisotopic (exact) mass is 672 g/mol. The summed E-state index contributed by atoms with van der Waals surface area (Å²) in [5, 5.41) is 16.5. The molecule has 1 aliphatic heterocycles. The fourth-order valence-corrected chi connectivity index (χ4v) is 8.37. The first-order chi connectivity index (χ1) is 22.7. The van der Waals surface area contributed by atoms with Gasteiger partial charge >= 0.3 is 5.97 Å². The molecule has 0 saturated carbocycles. The second-order valence-electron chi connectivity index (χ2n) is 12.6. The molecule has 1 N–H and O–H groups in total.